The number of rotatable bonds is 4. The van der Waals surface area contributed by atoms with Crippen LogP contribution in [0, 0.1) is 0 Å². The molecule has 0 amide bonds. The van der Waals surface area contributed by atoms with Crippen molar-refractivity contribution in [2.24, 2.45) is 0 Å². The van der Waals surface area contributed by atoms with Crippen molar-refractivity contribution in [3.8, 4) is 11.5 Å². The molecule has 120 valence electrons. The molecule has 0 spiro atoms. The van der Waals surface area contributed by atoms with Gasteiger partial charge in [0, 0.05) is 19.2 Å². The Kier molecular flexibility index (Phi) is 4.14. The maximum absolute atomic E-state index is 12.8. The summed E-state index contributed by atoms with van der Waals surface area (Å²) in [5.41, 5.74) is 3.01. The van der Waals surface area contributed by atoms with Crippen LogP contribution in [0.15, 0.2) is 34.2 Å². The van der Waals surface area contributed by atoms with Gasteiger partial charge in [-0.1, -0.05) is 11.1 Å². The second-order valence-corrected chi connectivity index (χ2v) is 7.53. The second kappa shape index (κ2) is 5.93. The molecule has 1 saturated carbocycles. The fraction of sp³-hybridized carbons (Fsp3) is 0.500. The van der Waals surface area contributed by atoms with Gasteiger partial charge in [0.05, 0.1) is 14.2 Å². The van der Waals surface area contributed by atoms with Crippen LogP contribution >= 0.6 is 0 Å². The molecule has 5 nitrogen and oxygen atoms in total. The molecule has 0 N–H and O–H groups in total. The summed E-state index contributed by atoms with van der Waals surface area (Å²) in [6.45, 7) is 1.10. The van der Waals surface area contributed by atoms with Gasteiger partial charge in [-0.05, 0) is 37.8 Å². The number of hydrogen-bond donors (Lipinski definition) is 0. The molecule has 0 atom stereocenters. The van der Waals surface area contributed by atoms with Crippen molar-refractivity contribution in [2.75, 3.05) is 27.3 Å². The number of hydrogen-bond acceptors (Lipinski definition) is 4. The van der Waals surface area contributed by atoms with Crippen molar-refractivity contribution in [1.29, 1.82) is 0 Å². The van der Waals surface area contributed by atoms with Crippen LogP contribution in [0.3, 0.4) is 0 Å². The van der Waals surface area contributed by atoms with Crippen LogP contribution < -0.4 is 9.47 Å². The number of sulfonamides is 1. The lowest BCUT2D eigenvalue weighted by molar-refractivity contribution is 0.370. The van der Waals surface area contributed by atoms with E-state index in [-0.39, 0.29) is 4.90 Å². The first kappa shape index (κ1) is 15.4. The summed E-state index contributed by atoms with van der Waals surface area (Å²) >= 11 is 0. The van der Waals surface area contributed by atoms with Crippen LogP contribution in [0.25, 0.3) is 0 Å². The first-order valence-electron chi connectivity index (χ1n) is 7.48. The third-order valence-electron chi connectivity index (χ3n) is 4.31. The zero-order valence-electron chi connectivity index (χ0n) is 13.0. The van der Waals surface area contributed by atoms with E-state index in [1.165, 1.54) is 25.5 Å². The summed E-state index contributed by atoms with van der Waals surface area (Å²) in [5, 5.41) is 0. The molecule has 1 heterocycles. The minimum Gasteiger partial charge on any atom is -0.497 e. The molecule has 0 bridgehead atoms. The molecule has 6 heteroatoms. The largest absolute Gasteiger partial charge is 0.497 e. The molecule has 0 radical (unpaired) electrons. The van der Waals surface area contributed by atoms with Crippen LogP contribution in [0.5, 0.6) is 11.5 Å². The van der Waals surface area contributed by atoms with Gasteiger partial charge in [0.15, 0.2) is 0 Å². The Labute approximate surface area is 131 Å². The van der Waals surface area contributed by atoms with E-state index in [0.717, 1.165) is 12.8 Å². The quantitative estimate of drug-likeness (QED) is 0.799. The predicted octanol–water partition coefficient (Wildman–Crippen LogP) is 2.58. The van der Waals surface area contributed by atoms with E-state index >= 15 is 0 Å². The van der Waals surface area contributed by atoms with Crippen molar-refractivity contribution in [2.45, 2.75) is 30.6 Å². The van der Waals surface area contributed by atoms with Gasteiger partial charge in [-0.15, -0.1) is 0 Å². The third kappa shape index (κ3) is 2.85. The van der Waals surface area contributed by atoms with Gasteiger partial charge < -0.3 is 9.47 Å². The third-order valence-corrected chi connectivity index (χ3v) is 6.25. The molecule has 0 unspecified atom stereocenters. The lowest BCUT2D eigenvalue weighted by Gasteiger charge is -2.28. The standard InChI is InChI=1S/C16H21NO4S/c1-20-14-5-6-16(15(11-14)21-2)22(18,19)17-9-7-13(8-10-17)12-3-4-12/h5-6,11H,3-4,7-10H2,1-2H3. The van der Waals surface area contributed by atoms with Gasteiger partial charge in [0.1, 0.15) is 16.4 Å². The molecule has 1 aliphatic heterocycles. The van der Waals surface area contributed by atoms with Gasteiger partial charge >= 0.3 is 0 Å². The second-order valence-electron chi connectivity index (χ2n) is 5.63. The van der Waals surface area contributed by atoms with Crippen molar-refractivity contribution < 1.29 is 17.9 Å². The minimum atomic E-state index is -3.53. The maximum atomic E-state index is 12.8. The number of allylic oxidation sites excluding steroid dienone is 1. The van der Waals surface area contributed by atoms with Crippen LogP contribution in [-0.4, -0.2) is 40.0 Å². The summed E-state index contributed by atoms with van der Waals surface area (Å²) in [6.07, 6.45) is 4.11. The Hall–Kier alpha value is -1.53. The molecular weight excluding hydrogens is 302 g/mol. The highest BCUT2D eigenvalue weighted by Crippen LogP contribution is 2.38. The Morgan fingerprint density at radius 2 is 1.59 bits per heavy atom. The van der Waals surface area contributed by atoms with E-state index in [0.29, 0.717) is 24.6 Å². The van der Waals surface area contributed by atoms with Crippen molar-refractivity contribution in [3.63, 3.8) is 0 Å². The summed E-state index contributed by atoms with van der Waals surface area (Å²) in [4.78, 5) is 0.207. The highest BCUT2D eigenvalue weighted by molar-refractivity contribution is 7.89. The number of benzene rings is 1. The van der Waals surface area contributed by atoms with Crippen molar-refractivity contribution >= 4 is 10.0 Å². The number of nitrogens with zero attached hydrogens (tertiary/aromatic N) is 1. The minimum absolute atomic E-state index is 0.207. The number of ether oxygens (including phenoxy) is 2. The topological polar surface area (TPSA) is 55.8 Å². The van der Waals surface area contributed by atoms with E-state index in [1.54, 1.807) is 35.2 Å². The Balaban J connectivity index is 1.85. The fourth-order valence-electron chi connectivity index (χ4n) is 2.89. The molecule has 1 aromatic rings. The maximum Gasteiger partial charge on any atom is 0.246 e. The average molecular weight is 323 g/mol. The van der Waals surface area contributed by atoms with Gasteiger partial charge in [-0.2, -0.15) is 4.31 Å². The van der Waals surface area contributed by atoms with E-state index in [1.807, 2.05) is 0 Å². The molecule has 1 aliphatic carbocycles. The molecule has 3 rings (SSSR count). The van der Waals surface area contributed by atoms with Crippen LogP contribution in [-0.2, 0) is 10.0 Å². The predicted molar refractivity (Wildman–Crippen MR) is 83.8 cm³/mol. The molecule has 22 heavy (non-hydrogen) atoms. The van der Waals surface area contributed by atoms with Gasteiger partial charge in [0.25, 0.3) is 0 Å². The zero-order valence-corrected chi connectivity index (χ0v) is 13.8. The van der Waals surface area contributed by atoms with E-state index in [9.17, 15) is 8.42 Å². The van der Waals surface area contributed by atoms with Crippen LogP contribution in [0.1, 0.15) is 25.7 Å². The van der Waals surface area contributed by atoms with Crippen molar-refractivity contribution in [3.05, 3.63) is 29.3 Å². The summed E-state index contributed by atoms with van der Waals surface area (Å²) < 4.78 is 37.6. The van der Waals surface area contributed by atoms with Gasteiger partial charge in [-0.25, -0.2) is 8.42 Å². The SMILES string of the molecule is COc1ccc(S(=O)(=O)N2CCC(=C3CC3)CC2)c(OC)c1. The molecule has 1 aromatic carbocycles. The number of methoxy groups -OCH3 is 2. The number of piperidine rings is 1. The van der Waals surface area contributed by atoms with Crippen LogP contribution in [0.4, 0.5) is 0 Å². The molecule has 0 aromatic heterocycles. The van der Waals surface area contributed by atoms with E-state index < -0.39 is 10.0 Å². The monoisotopic (exact) mass is 323 g/mol. The molecule has 2 aliphatic rings. The Morgan fingerprint density at radius 1 is 0.955 bits per heavy atom. The summed E-state index contributed by atoms with van der Waals surface area (Å²) in [7, 11) is -0.514. The normalized spacial score (nSPS) is 19.2. The molecular formula is C16H21NO4S. The molecule has 2 fully saturated rings. The van der Waals surface area contributed by atoms with E-state index in [4.69, 9.17) is 9.47 Å². The highest BCUT2D eigenvalue weighted by atomic mass is 32.2. The highest BCUT2D eigenvalue weighted by Gasteiger charge is 2.31. The first-order valence-corrected chi connectivity index (χ1v) is 8.92. The first-order chi connectivity index (χ1) is 10.6. The average Bonchev–Trinajstić information content (AvgIpc) is 3.39. The Morgan fingerprint density at radius 3 is 2.14 bits per heavy atom. The zero-order chi connectivity index (χ0) is 15.7. The van der Waals surface area contributed by atoms with E-state index in [2.05, 4.69) is 0 Å². The Bertz CT molecular complexity index is 693. The molecule has 1 saturated heterocycles. The lowest BCUT2D eigenvalue weighted by atomic mass is 10.1. The summed E-state index contributed by atoms with van der Waals surface area (Å²) in [5.74, 6) is 0.904. The lowest BCUT2D eigenvalue weighted by Crippen LogP contribution is -2.36. The van der Waals surface area contributed by atoms with Gasteiger partial charge in [-0.3, -0.25) is 0 Å². The van der Waals surface area contributed by atoms with Gasteiger partial charge in [0.2, 0.25) is 10.0 Å². The smallest absolute Gasteiger partial charge is 0.246 e. The van der Waals surface area contributed by atoms with Crippen molar-refractivity contribution in [1.82, 2.24) is 4.31 Å². The fourth-order valence-corrected chi connectivity index (χ4v) is 4.47. The summed E-state index contributed by atoms with van der Waals surface area (Å²) in [6, 6.07) is 4.81. The van der Waals surface area contributed by atoms with Crippen LogP contribution in [0.2, 0.25) is 0 Å².